The van der Waals surface area contributed by atoms with E-state index in [0.29, 0.717) is 0 Å². The predicted octanol–water partition coefficient (Wildman–Crippen LogP) is 1.04. The van der Waals surface area contributed by atoms with E-state index in [4.69, 9.17) is 5.73 Å². The molecule has 15 heavy (non-hydrogen) atoms. The fourth-order valence-electron chi connectivity index (χ4n) is 1.10. The van der Waals surface area contributed by atoms with Gasteiger partial charge in [-0.15, -0.1) is 0 Å². The Balaban J connectivity index is 2.69. The second-order valence-corrected chi connectivity index (χ2v) is 3.72. The van der Waals surface area contributed by atoms with E-state index in [1.165, 1.54) is 0 Å². The Morgan fingerprint density at radius 1 is 1.33 bits per heavy atom. The van der Waals surface area contributed by atoms with E-state index >= 15 is 0 Å². The maximum absolute atomic E-state index is 11.3. The summed E-state index contributed by atoms with van der Waals surface area (Å²) in [5.74, 6) is -0.174. The van der Waals surface area contributed by atoms with Crippen molar-refractivity contribution in [1.82, 2.24) is 0 Å². The molecule has 0 radical (unpaired) electrons. The lowest BCUT2D eigenvalue weighted by Gasteiger charge is -2.13. The van der Waals surface area contributed by atoms with Crippen molar-refractivity contribution in [1.29, 1.82) is 0 Å². The molecule has 0 bridgehead atoms. The summed E-state index contributed by atoms with van der Waals surface area (Å²) in [7, 11) is 3.94. The maximum Gasteiger partial charge on any atom is 0.240 e. The topological polar surface area (TPSA) is 58.4 Å². The molecule has 1 rings (SSSR count). The molecule has 0 aliphatic rings. The second kappa shape index (κ2) is 4.79. The number of hydrogen-bond donors (Lipinski definition) is 2. The first-order valence-corrected chi connectivity index (χ1v) is 4.84. The largest absolute Gasteiger partial charge is 0.378 e. The van der Waals surface area contributed by atoms with Crippen LogP contribution in [0.4, 0.5) is 11.4 Å². The molecule has 3 N–H and O–H groups in total. The van der Waals surface area contributed by atoms with Crippen molar-refractivity contribution >= 4 is 17.3 Å². The molecule has 0 saturated carbocycles. The van der Waals surface area contributed by atoms with Gasteiger partial charge >= 0.3 is 0 Å². The third kappa shape index (κ3) is 3.25. The maximum atomic E-state index is 11.3. The summed E-state index contributed by atoms with van der Waals surface area (Å²) in [5, 5.41) is 2.73. The van der Waals surface area contributed by atoms with Crippen molar-refractivity contribution in [3.63, 3.8) is 0 Å². The summed E-state index contributed by atoms with van der Waals surface area (Å²) >= 11 is 0. The average Bonchev–Trinajstić information content (AvgIpc) is 2.18. The van der Waals surface area contributed by atoms with Gasteiger partial charge in [-0.25, -0.2) is 0 Å². The van der Waals surface area contributed by atoms with Crippen molar-refractivity contribution in [2.75, 3.05) is 24.3 Å². The molecule has 0 heterocycles. The van der Waals surface area contributed by atoms with Gasteiger partial charge in [0.15, 0.2) is 0 Å². The molecule has 0 saturated heterocycles. The van der Waals surface area contributed by atoms with Gasteiger partial charge in [0.25, 0.3) is 0 Å². The van der Waals surface area contributed by atoms with Crippen molar-refractivity contribution < 1.29 is 4.79 Å². The van der Waals surface area contributed by atoms with Crippen LogP contribution in [0.25, 0.3) is 0 Å². The molecule has 0 spiro atoms. The minimum Gasteiger partial charge on any atom is -0.378 e. The molecule has 0 aromatic heterocycles. The SMILES string of the molecule is C[C@@H](N)C(=O)Nc1ccc(N(C)C)cc1. The summed E-state index contributed by atoms with van der Waals surface area (Å²) in [6, 6.07) is 7.11. The molecule has 1 amide bonds. The minimum atomic E-state index is -0.487. The third-order valence-electron chi connectivity index (χ3n) is 2.06. The van der Waals surface area contributed by atoms with E-state index < -0.39 is 6.04 Å². The Morgan fingerprint density at radius 2 is 1.87 bits per heavy atom. The third-order valence-corrected chi connectivity index (χ3v) is 2.06. The fraction of sp³-hybridized carbons (Fsp3) is 0.364. The standard InChI is InChI=1S/C11H17N3O/c1-8(12)11(15)13-9-4-6-10(7-5-9)14(2)3/h4-8H,12H2,1-3H3,(H,13,15)/t8-/m1/s1. The first-order chi connectivity index (χ1) is 7.00. The minimum absolute atomic E-state index is 0.174. The van der Waals surface area contributed by atoms with E-state index in [9.17, 15) is 4.79 Å². The highest BCUT2D eigenvalue weighted by Crippen LogP contribution is 2.15. The van der Waals surface area contributed by atoms with Crippen LogP contribution in [0, 0.1) is 0 Å². The normalized spacial score (nSPS) is 12.0. The van der Waals surface area contributed by atoms with E-state index in [1.54, 1.807) is 6.92 Å². The molecule has 0 unspecified atom stereocenters. The van der Waals surface area contributed by atoms with Gasteiger partial charge in [-0.05, 0) is 31.2 Å². The lowest BCUT2D eigenvalue weighted by molar-refractivity contribution is -0.117. The first-order valence-electron chi connectivity index (χ1n) is 4.84. The lowest BCUT2D eigenvalue weighted by Crippen LogP contribution is -2.32. The van der Waals surface area contributed by atoms with Gasteiger partial charge in [0.05, 0.1) is 6.04 Å². The molecule has 0 fully saturated rings. The van der Waals surface area contributed by atoms with Crippen LogP contribution in [-0.2, 0) is 4.79 Å². The van der Waals surface area contributed by atoms with Gasteiger partial charge in [-0.1, -0.05) is 0 Å². The number of hydrogen-bond acceptors (Lipinski definition) is 3. The number of carbonyl (C=O) groups excluding carboxylic acids is 1. The van der Waals surface area contributed by atoms with Crippen LogP contribution < -0.4 is 16.0 Å². The molecule has 1 atom stereocenters. The van der Waals surface area contributed by atoms with Crippen molar-refractivity contribution in [3.05, 3.63) is 24.3 Å². The zero-order valence-electron chi connectivity index (χ0n) is 9.32. The summed E-state index contributed by atoms with van der Waals surface area (Å²) in [6.07, 6.45) is 0. The van der Waals surface area contributed by atoms with Crippen molar-refractivity contribution in [3.8, 4) is 0 Å². The summed E-state index contributed by atoms with van der Waals surface area (Å²) in [4.78, 5) is 13.3. The zero-order chi connectivity index (χ0) is 11.4. The summed E-state index contributed by atoms with van der Waals surface area (Å²) in [6.45, 7) is 1.66. The smallest absolute Gasteiger partial charge is 0.240 e. The van der Waals surface area contributed by atoms with Crippen LogP contribution in [0.2, 0.25) is 0 Å². The molecule has 0 aliphatic heterocycles. The lowest BCUT2D eigenvalue weighted by atomic mass is 10.2. The number of carbonyl (C=O) groups is 1. The Labute approximate surface area is 90.1 Å². The van der Waals surface area contributed by atoms with Gasteiger partial charge < -0.3 is 16.0 Å². The highest BCUT2D eigenvalue weighted by molar-refractivity contribution is 5.94. The van der Waals surface area contributed by atoms with Crippen LogP contribution in [0.3, 0.4) is 0 Å². The molecule has 82 valence electrons. The molecular formula is C11H17N3O. The average molecular weight is 207 g/mol. The van der Waals surface area contributed by atoms with Gasteiger partial charge in [-0.2, -0.15) is 0 Å². The molecular weight excluding hydrogens is 190 g/mol. The van der Waals surface area contributed by atoms with Gasteiger partial charge in [0.1, 0.15) is 0 Å². The molecule has 0 aliphatic carbocycles. The Bertz CT molecular complexity index is 330. The van der Waals surface area contributed by atoms with Crippen LogP contribution in [0.1, 0.15) is 6.92 Å². The summed E-state index contributed by atoms with van der Waals surface area (Å²) < 4.78 is 0. The van der Waals surface area contributed by atoms with Gasteiger partial charge in [-0.3, -0.25) is 4.79 Å². The van der Waals surface area contributed by atoms with Crippen molar-refractivity contribution in [2.45, 2.75) is 13.0 Å². The van der Waals surface area contributed by atoms with Crippen LogP contribution in [0.15, 0.2) is 24.3 Å². The Kier molecular flexibility index (Phi) is 3.68. The molecule has 1 aromatic rings. The van der Waals surface area contributed by atoms with E-state index in [2.05, 4.69) is 5.32 Å². The quantitative estimate of drug-likeness (QED) is 0.778. The zero-order valence-corrected chi connectivity index (χ0v) is 9.32. The van der Waals surface area contributed by atoms with Crippen LogP contribution >= 0.6 is 0 Å². The van der Waals surface area contributed by atoms with Gasteiger partial charge in [0.2, 0.25) is 5.91 Å². The fourth-order valence-corrected chi connectivity index (χ4v) is 1.10. The van der Waals surface area contributed by atoms with E-state index in [0.717, 1.165) is 11.4 Å². The second-order valence-electron chi connectivity index (χ2n) is 3.72. The summed E-state index contributed by atoms with van der Waals surface area (Å²) in [5.41, 5.74) is 7.30. The van der Waals surface area contributed by atoms with Gasteiger partial charge in [0, 0.05) is 25.5 Å². The van der Waals surface area contributed by atoms with E-state index in [1.807, 2.05) is 43.3 Å². The number of benzene rings is 1. The molecule has 4 nitrogen and oxygen atoms in total. The number of nitrogens with zero attached hydrogens (tertiary/aromatic N) is 1. The number of amides is 1. The molecule has 1 aromatic carbocycles. The highest BCUT2D eigenvalue weighted by atomic mass is 16.2. The molecule has 4 heteroatoms. The number of anilines is 2. The van der Waals surface area contributed by atoms with E-state index in [-0.39, 0.29) is 5.91 Å². The van der Waals surface area contributed by atoms with Crippen LogP contribution in [-0.4, -0.2) is 26.0 Å². The first kappa shape index (κ1) is 11.5. The Morgan fingerprint density at radius 3 is 2.27 bits per heavy atom. The number of nitrogens with two attached hydrogens (primary N) is 1. The number of nitrogens with one attached hydrogen (secondary N) is 1. The van der Waals surface area contributed by atoms with Crippen LogP contribution in [0.5, 0.6) is 0 Å². The monoisotopic (exact) mass is 207 g/mol. The number of rotatable bonds is 3. The Hall–Kier alpha value is -1.55. The highest BCUT2D eigenvalue weighted by Gasteiger charge is 2.06. The predicted molar refractivity (Wildman–Crippen MR) is 63.0 cm³/mol. The van der Waals surface area contributed by atoms with Crippen molar-refractivity contribution in [2.24, 2.45) is 5.73 Å².